The smallest absolute Gasteiger partial charge is 0.336 e. The molecule has 1 amide bonds. The Morgan fingerprint density at radius 1 is 0.882 bits per heavy atom. The molecule has 4 aliphatic rings. The Hall–Kier alpha value is -4.74. The summed E-state index contributed by atoms with van der Waals surface area (Å²) in [7, 11) is 1.49. The maximum absolute atomic E-state index is 13.6. The molecular formula is C50H72N4O14. The molecule has 2 aromatic rings. The first-order valence-corrected chi connectivity index (χ1v) is 24.6. The van der Waals surface area contributed by atoms with Gasteiger partial charge in [-0.2, -0.15) is 0 Å². The van der Waals surface area contributed by atoms with Gasteiger partial charge in [-0.15, -0.1) is 0 Å². The fourth-order valence-electron chi connectivity index (χ4n) is 12.6. The maximum Gasteiger partial charge on any atom is 0.336 e. The fourth-order valence-corrected chi connectivity index (χ4v) is 12.6. The standard InChI is InChI=1S/C50H72N4O14/c1-32(5-12-46(58)66-26-25-65-24-23-64-22-21-63-20-19-62-18-17-52-54-51)39-10-11-40-38-8-6-34-29-36(13-15-49(34,2)41(38)14-16-50(39,40)3)67-48(60)42(31-45(56)57)53-44(55)27-33-28-47(59)68-43-30-35(61-4)7-9-37(33)43/h7,9,28,30,32,34,36,38-42H,5-6,8,10-27,29,31H2,1-4H3,(H,53,55)(H,56,57)/t32?,34-,36-,38+,39?,40+,41+,42?,49+,50-/m1/s1. The van der Waals surface area contributed by atoms with Gasteiger partial charge in [0.2, 0.25) is 5.91 Å². The number of nitrogens with one attached hydrogen (secondary N) is 1. The number of hydrogen-bond donors (Lipinski definition) is 2. The largest absolute Gasteiger partial charge is 0.497 e. The number of carbonyl (C=O) groups excluding carboxylic acids is 3. The number of methoxy groups -OCH3 is 1. The van der Waals surface area contributed by atoms with E-state index in [1.54, 1.807) is 18.2 Å². The van der Waals surface area contributed by atoms with Gasteiger partial charge in [0.05, 0.1) is 72.8 Å². The average Bonchev–Trinajstić information content (AvgIpc) is 3.67. The maximum atomic E-state index is 13.6. The molecule has 0 radical (unpaired) electrons. The monoisotopic (exact) mass is 953 g/mol. The number of carboxylic acid groups (broad SMARTS) is 1. The molecule has 68 heavy (non-hydrogen) atoms. The minimum absolute atomic E-state index is 0.115. The highest BCUT2D eigenvalue weighted by molar-refractivity contribution is 5.91. The van der Waals surface area contributed by atoms with Crippen LogP contribution in [-0.2, 0) is 54.0 Å². The summed E-state index contributed by atoms with van der Waals surface area (Å²) in [5.74, 6) is 0.845. The first kappa shape index (κ1) is 52.6. The summed E-state index contributed by atoms with van der Waals surface area (Å²) in [5, 5.41) is 16.2. The van der Waals surface area contributed by atoms with Gasteiger partial charge >= 0.3 is 23.5 Å². The van der Waals surface area contributed by atoms with Gasteiger partial charge in [-0.25, -0.2) is 9.59 Å². The van der Waals surface area contributed by atoms with E-state index in [-0.39, 0.29) is 41.5 Å². The molecule has 4 fully saturated rings. The number of fused-ring (bicyclic) bond motifs is 6. The zero-order valence-electron chi connectivity index (χ0n) is 40.3. The molecule has 4 aliphatic carbocycles. The Morgan fingerprint density at radius 3 is 2.25 bits per heavy atom. The zero-order chi connectivity index (χ0) is 48.7. The zero-order valence-corrected chi connectivity index (χ0v) is 40.3. The molecule has 3 unspecified atom stereocenters. The highest BCUT2D eigenvalue weighted by Gasteiger charge is 2.61. The summed E-state index contributed by atoms with van der Waals surface area (Å²) in [4.78, 5) is 66.4. The number of azide groups is 1. The van der Waals surface area contributed by atoms with E-state index < -0.39 is 35.9 Å². The summed E-state index contributed by atoms with van der Waals surface area (Å²) < 4.78 is 43.8. The highest BCUT2D eigenvalue weighted by Crippen LogP contribution is 2.68. The molecule has 18 heteroatoms. The molecule has 18 nitrogen and oxygen atoms in total. The average molecular weight is 953 g/mol. The van der Waals surface area contributed by atoms with Gasteiger partial charge in [-0.05, 0) is 134 Å². The minimum atomic E-state index is -1.38. The molecule has 0 bridgehead atoms. The van der Waals surface area contributed by atoms with Crippen molar-refractivity contribution in [3.05, 3.63) is 50.7 Å². The van der Waals surface area contributed by atoms with E-state index in [1.165, 1.54) is 26.0 Å². The second-order valence-electron chi connectivity index (χ2n) is 19.7. The number of rotatable bonds is 27. The van der Waals surface area contributed by atoms with Gasteiger partial charge in [0.1, 0.15) is 30.1 Å². The molecule has 2 N–H and O–H groups in total. The Labute approximate surface area is 398 Å². The van der Waals surface area contributed by atoms with Gasteiger partial charge in [0.25, 0.3) is 0 Å². The van der Waals surface area contributed by atoms with E-state index in [0.29, 0.717) is 131 Å². The van der Waals surface area contributed by atoms with Crippen molar-refractivity contribution in [3.8, 4) is 5.75 Å². The van der Waals surface area contributed by atoms with Crippen LogP contribution in [0.25, 0.3) is 21.4 Å². The van der Waals surface area contributed by atoms with Crippen LogP contribution in [0.1, 0.15) is 103 Å². The highest BCUT2D eigenvalue weighted by atomic mass is 16.6. The van der Waals surface area contributed by atoms with Crippen molar-refractivity contribution in [2.45, 2.75) is 116 Å². The Bertz CT molecular complexity index is 2130. The van der Waals surface area contributed by atoms with Crippen LogP contribution >= 0.6 is 0 Å². The van der Waals surface area contributed by atoms with Gasteiger partial charge in [0.15, 0.2) is 0 Å². The van der Waals surface area contributed by atoms with Crippen molar-refractivity contribution < 1.29 is 61.9 Å². The normalized spacial score (nSPS) is 27.1. The van der Waals surface area contributed by atoms with Crippen molar-refractivity contribution in [2.75, 3.05) is 73.1 Å². The Kier molecular flexibility index (Phi) is 19.5. The van der Waals surface area contributed by atoms with Crippen LogP contribution in [-0.4, -0.2) is 114 Å². The van der Waals surface area contributed by atoms with Crippen molar-refractivity contribution >= 4 is 34.8 Å². The number of esters is 2. The summed E-state index contributed by atoms with van der Waals surface area (Å²) in [6.07, 6.45) is 9.14. The van der Waals surface area contributed by atoms with Crippen LogP contribution in [0.3, 0.4) is 0 Å². The van der Waals surface area contributed by atoms with Crippen molar-refractivity contribution in [1.29, 1.82) is 0 Å². The minimum Gasteiger partial charge on any atom is -0.497 e. The summed E-state index contributed by atoms with van der Waals surface area (Å²) in [6.45, 7) is 11.0. The summed E-state index contributed by atoms with van der Waals surface area (Å²) in [5.41, 5.74) is 8.54. The molecule has 10 atom stereocenters. The van der Waals surface area contributed by atoms with Crippen LogP contribution in [0.4, 0.5) is 0 Å². The first-order chi connectivity index (χ1) is 32.7. The molecule has 0 saturated heterocycles. The molecule has 376 valence electrons. The third kappa shape index (κ3) is 13.7. The van der Waals surface area contributed by atoms with E-state index in [1.807, 2.05) is 0 Å². The van der Waals surface area contributed by atoms with E-state index in [4.69, 9.17) is 43.1 Å². The number of nitrogens with zero attached hydrogens (tertiary/aromatic N) is 3. The van der Waals surface area contributed by atoms with Crippen LogP contribution in [0.2, 0.25) is 0 Å². The van der Waals surface area contributed by atoms with Crippen LogP contribution in [0.15, 0.2) is 38.6 Å². The number of amides is 1. The molecule has 1 aromatic heterocycles. The molecular weight excluding hydrogens is 881 g/mol. The van der Waals surface area contributed by atoms with Gasteiger partial charge in [0, 0.05) is 35.4 Å². The molecule has 4 saturated carbocycles. The predicted octanol–water partition coefficient (Wildman–Crippen LogP) is 7.21. The SMILES string of the molecule is COc1ccc2c(CC(=O)NC(CC(=O)O)C(=O)O[C@@H]3CC[C@@]4(C)[C@H](CC[C@@H]5[C@@H]4CC[C@]4(C)C(C(C)CCC(=O)OCCOCCOCCOCCOCCN=[N+]=[N-])CC[C@@H]54)C3)cc(=O)oc2c1. The molecule has 1 heterocycles. The van der Waals surface area contributed by atoms with Crippen LogP contribution in [0.5, 0.6) is 5.75 Å². The molecule has 1 aromatic carbocycles. The summed E-state index contributed by atoms with van der Waals surface area (Å²) in [6, 6.07) is 4.74. The number of hydrogen-bond acceptors (Lipinski definition) is 14. The molecule has 0 aliphatic heterocycles. The Balaban J connectivity index is 0.899. The second-order valence-corrected chi connectivity index (χ2v) is 19.7. The fraction of sp³-hybridized carbons (Fsp3) is 0.740. The lowest BCUT2D eigenvalue weighted by atomic mass is 9.44. The first-order valence-electron chi connectivity index (χ1n) is 24.6. The Morgan fingerprint density at radius 2 is 1.56 bits per heavy atom. The van der Waals surface area contributed by atoms with Gasteiger partial charge in [-0.3, -0.25) is 14.4 Å². The van der Waals surface area contributed by atoms with Gasteiger partial charge in [-0.1, -0.05) is 25.9 Å². The van der Waals surface area contributed by atoms with Gasteiger partial charge < -0.3 is 48.0 Å². The molecule has 0 spiro atoms. The lowest BCUT2D eigenvalue weighted by Gasteiger charge is -2.61. The predicted molar refractivity (Wildman–Crippen MR) is 249 cm³/mol. The van der Waals surface area contributed by atoms with E-state index in [9.17, 15) is 29.1 Å². The third-order valence-corrected chi connectivity index (χ3v) is 15.9. The van der Waals surface area contributed by atoms with Crippen LogP contribution < -0.4 is 15.7 Å². The third-order valence-electron chi connectivity index (χ3n) is 15.9. The number of benzene rings is 1. The van der Waals surface area contributed by atoms with Crippen molar-refractivity contribution in [3.63, 3.8) is 0 Å². The second kappa shape index (κ2) is 25.2. The number of aliphatic carboxylic acids is 1. The molecule has 6 rings (SSSR count). The van der Waals surface area contributed by atoms with Crippen molar-refractivity contribution in [1.82, 2.24) is 5.32 Å². The van der Waals surface area contributed by atoms with E-state index in [2.05, 4.69) is 36.1 Å². The van der Waals surface area contributed by atoms with Crippen molar-refractivity contribution in [2.24, 2.45) is 51.5 Å². The van der Waals surface area contributed by atoms with E-state index >= 15 is 0 Å². The quantitative estimate of drug-likeness (QED) is 0.0225. The lowest BCUT2D eigenvalue weighted by molar-refractivity contribution is -0.167. The number of carboxylic acids is 1. The lowest BCUT2D eigenvalue weighted by Crippen LogP contribution is -2.54. The summed E-state index contributed by atoms with van der Waals surface area (Å²) >= 11 is 0. The van der Waals surface area contributed by atoms with Crippen LogP contribution in [0, 0.1) is 46.3 Å². The topological polar surface area (TPSA) is 244 Å². The number of carbonyl (C=O) groups is 4. The van der Waals surface area contributed by atoms with E-state index in [0.717, 1.165) is 38.5 Å². The number of ether oxygens (including phenoxy) is 7.